The molecule has 0 heterocycles. The number of hydrogen-bond acceptors (Lipinski definition) is 5. The van der Waals surface area contributed by atoms with Gasteiger partial charge in [-0.1, -0.05) is 6.07 Å². The minimum absolute atomic E-state index is 0.144. The van der Waals surface area contributed by atoms with Gasteiger partial charge < -0.3 is 25.1 Å². The van der Waals surface area contributed by atoms with Crippen LogP contribution in [-0.2, 0) is 0 Å². The van der Waals surface area contributed by atoms with E-state index in [1.54, 1.807) is 26.4 Å². The van der Waals surface area contributed by atoms with Crippen molar-refractivity contribution in [3.63, 3.8) is 0 Å². The summed E-state index contributed by atoms with van der Waals surface area (Å²) < 4.78 is 16.2. The van der Waals surface area contributed by atoms with Crippen molar-refractivity contribution in [3.05, 3.63) is 18.2 Å². The molecule has 1 aliphatic rings. The van der Waals surface area contributed by atoms with E-state index in [2.05, 4.69) is 0 Å². The number of para-hydroxylation sites is 1. The number of aliphatic hydroxyl groups is 1. The van der Waals surface area contributed by atoms with Crippen molar-refractivity contribution in [3.8, 4) is 17.2 Å². The van der Waals surface area contributed by atoms with E-state index in [-0.39, 0.29) is 19.1 Å². The molecule has 1 saturated carbocycles. The van der Waals surface area contributed by atoms with Gasteiger partial charge in [0.05, 0.1) is 14.2 Å². The fourth-order valence-corrected chi connectivity index (χ4v) is 2.12. The van der Waals surface area contributed by atoms with Crippen LogP contribution in [0.25, 0.3) is 0 Å². The van der Waals surface area contributed by atoms with Gasteiger partial charge in [0.15, 0.2) is 11.5 Å². The Morgan fingerprint density at radius 2 is 1.84 bits per heavy atom. The topological polar surface area (TPSA) is 73.9 Å². The minimum Gasteiger partial charge on any atom is -0.493 e. The second kappa shape index (κ2) is 5.67. The van der Waals surface area contributed by atoms with Crippen molar-refractivity contribution >= 4 is 0 Å². The first-order valence-corrected chi connectivity index (χ1v) is 6.41. The highest BCUT2D eigenvalue weighted by molar-refractivity contribution is 5.51. The average molecular weight is 267 g/mol. The summed E-state index contributed by atoms with van der Waals surface area (Å²) in [4.78, 5) is 0. The Morgan fingerprint density at radius 3 is 2.26 bits per heavy atom. The van der Waals surface area contributed by atoms with E-state index in [4.69, 9.17) is 19.9 Å². The summed E-state index contributed by atoms with van der Waals surface area (Å²) in [5.41, 5.74) is 4.69. The highest BCUT2D eigenvalue weighted by Crippen LogP contribution is 2.41. The van der Waals surface area contributed by atoms with Gasteiger partial charge in [0.25, 0.3) is 0 Å². The first kappa shape index (κ1) is 14.0. The first-order chi connectivity index (χ1) is 9.14. The Bertz CT molecular complexity index is 411. The second-order valence-corrected chi connectivity index (χ2v) is 4.86. The van der Waals surface area contributed by atoms with Crippen molar-refractivity contribution < 1.29 is 19.3 Å². The molecule has 1 fully saturated rings. The molecule has 19 heavy (non-hydrogen) atoms. The van der Waals surface area contributed by atoms with Gasteiger partial charge in [-0.05, 0) is 30.9 Å². The summed E-state index contributed by atoms with van der Waals surface area (Å²) in [5.74, 6) is 1.89. The average Bonchev–Trinajstić information content (AvgIpc) is 3.29. The molecular weight excluding hydrogens is 246 g/mol. The van der Waals surface area contributed by atoms with Gasteiger partial charge >= 0.3 is 0 Å². The van der Waals surface area contributed by atoms with Gasteiger partial charge in [0.2, 0.25) is 5.75 Å². The molecule has 1 aliphatic carbocycles. The number of hydrogen-bond donors (Lipinski definition) is 2. The third-order valence-corrected chi connectivity index (χ3v) is 3.54. The molecule has 0 saturated heterocycles. The van der Waals surface area contributed by atoms with Crippen LogP contribution in [0.3, 0.4) is 0 Å². The van der Waals surface area contributed by atoms with Crippen LogP contribution in [0.2, 0.25) is 0 Å². The Balaban J connectivity index is 2.13. The van der Waals surface area contributed by atoms with E-state index < -0.39 is 5.60 Å². The van der Waals surface area contributed by atoms with Gasteiger partial charge in [0, 0.05) is 6.54 Å². The summed E-state index contributed by atoms with van der Waals surface area (Å²) in [6.45, 7) is 0.333. The summed E-state index contributed by atoms with van der Waals surface area (Å²) in [6, 6.07) is 5.40. The normalized spacial score (nSPS) is 17.7. The quantitative estimate of drug-likeness (QED) is 0.776. The molecule has 5 heteroatoms. The molecule has 0 aromatic heterocycles. The molecule has 3 N–H and O–H groups in total. The Morgan fingerprint density at radius 1 is 1.26 bits per heavy atom. The third kappa shape index (κ3) is 2.93. The zero-order valence-electron chi connectivity index (χ0n) is 11.4. The van der Waals surface area contributed by atoms with Gasteiger partial charge in [-0.15, -0.1) is 0 Å². The maximum Gasteiger partial charge on any atom is 0.203 e. The Hall–Kier alpha value is -1.46. The Labute approximate surface area is 113 Å². The predicted octanol–water partition coefficient (Wildman–Crippen LogP) is 1.18. The molecular formula is C14H21NO4. The fourth-order valence-electron chi connectivity index (χ4n) is 2.12. The van der Waals surface area contributed by atoms with Crippen LogP contribution in [0.1, 0.15) is 12.8 Å². The van der Waals surface area contributed by atoms with Gasteiger partial charge in [-0.25, -0.2) is 0 Å². The fraction of sp³-hybridized carbons (Fsp3) is 0.571. The van der Waals surface area contributed by atoms with Crippen LogP contribution >= 0.6 is 0 Å². The molecule has 0 amide bonds. The van der Waals surface area contributed by atoms with E-state index in [9.17, 15) is 5.11 Å². The van der Waals surface area contributed by atoms with E-state index >= 15 is 0 Å². The SMILES string of the molecule is COc1cccc(OC)c1OCC(O)(CN)C1CC1. The molecule has 0 radical (unpaired) electrons. The zero-order valence-corrected chi connectivity index (χ0v) is 11.4. The second-order valence-electron chi connectivity index (χ2n) is 4.86. The molecule has 0 spiro atoms. The summed E-state index contributed by atoms with van der Waals surface area (Å²) >= 11 is 0. The summed E-state index contributed by atoms with van der Waals surface area (Å²) in [5, 5.41) is 10.4. The Kier molecular flexibility index (Phi) is 4.17. The molecule has 1 unspecified atom stereocenters. The lowest BCUT2D eigenvalue weighted by Crippen LogP contribution is -2.45. The van der Waals surface area contributed by atoms with Crippen LogP contribution in [0, 0.1) is 5.92 Å². The lowest BCUT2D eigenvalue weighted by Gasteiger charge is -2.27. The van der Waals surface area contributed by atoms with Gasteiger partial charge in [-0.2, -0.15) is 0 Å². The molecule has 1 aromatic carbocycles. The summed E-state index contributed by atoms with van der Waals surface area (Å²) in [7, 11) is 3.13. The van der Waals surface area contributed by atoms with Crippen molar-refractivity contribution in [2.24, 2.45) is 11.7 Å². The highest BCUT2D eigenvalue weighted by atomic mass is 16.5. The van der Waals surface area contributed by atoms with E-state index in [1.165, 1.54) is 0 Å². The van der Waals surface area contributed by atoms with Gasteiger partial charge in [0.1, 0.15) is 12.2 Å². The van der Waals surface area contributed by atoms with Crippen LogP contribution in [0.4, 0.5) is 0 Å². The number of benzene rings is 1. The van der Waals surface area contributed by atoms with Gasteiger partial charge in [-0.3, -0.25) is 0 Å². The van der Waals surface area contributed by atoms with Crippen molar-refractivity contribution in [2.45, 2.75) is 18.4 Å². The molecule has 1 aromatic rings. The smallest absolute Gasteiger partial charge is 0.203 e. The van der Waals surface area contributed by atoms with E-state index in [0.29, 0.717) is 17.2 Å². The predicted molar refractivity (Wildman–Crippen MR) is 71.8 cm³/mol. The number of ether oxygens (including phenoxy) is 3. The molecule has 0 bridgehead atoms. The standard InChI is InChI=1S/C14H21NO4/c1-17-11-4-3-5-12(18-2)13(11)19-9-14(16,8-15)10-6-7-10/h3-5,10,16H,6-9,15H2,1-2H3. The van der Waals surface area contributed by atoms with Crippen molar-refractivity contribution in [1.82, 2.24) is 0 Å². The molecule has 1 atom stereocenters. The number of rotatable bonds is 7. The van der Waals surface area contributed by atoms with Crippen LogP contribution in [0.15, 0.2) is 18.2 Å². The lowest BCUT2D eigenvalue weighted by molar-refractivity contribution is -0.0174. The molecule has 2 rings (SSSR count). The third-order valence-electron chi connectivity index (χ3n) is 3.54. The minimum atomic E-state index is -0.966. The lowest BCUT2D eigenvalue weighted by atomic mass is 9.99. The zero-order chi connectivity index (χ0) is 13.9. The molecule has 106 valence electrons. The molecule has 5 nitrogen and oxygen atoms in total. The van der Waals surface area contributed by atoms with Crippen LogP contribution in [0.5, 0.6) is 17.2 Å². The van der Waals surface area contributed by atoms with Crippen molar-refractivity contribution in [2.75, 3.05) is 27.4 Å². The van der Waals surface area contributed by atoms with E-state index in [1.807, 2.05) is 6.07 Å². The van der Waals surface area contributed by atoms with E-state index in [0.717, 1.165) is 12.8 Å². The molecule has 0 aliphatic heterocycles. The maximum atomic E-state index is 10.4. The largest absolute Gasteiger partial charge is 0.493 e. The summed E-state index contributed by atoms with van der Waals surface area (Å²) in [6.07, 6.45) is 2.00. The number of nitrogens with two attached hydrogens (primary N) is 1. The maximum absolute atomic E-state index is 10.4. The number of methoxy groups -OCH3 is 2. The monoisotopic (exact) mass is 267 g/mol. The first-order valence-electron chi connectivity index (χ1n) is 6.41. The highest BCUT2D eigenvalue weighted by Gasteiger charge is 2.43. The van der Waals surface area contributed by atoms with Crippen LogP contribution in [-0.4, -0.2) is 38.1 Å². The van der Waals surface area contributed by atoms with Crippen LogP contribution < -0.4 is 19.9 Å². The van der Waals surface area contributed by atoms with Crippen molar-refractivity contribution in [1.29, 1.82) is 0 Å².